The van der Waals surface area contributed by atoms with Crippen LogP contribution in [-0.2, 0) is 23.9 Å². The van der Waals surface area contributed by atoms with Gasteiger partial charge in [0.1, 0.15) is 18.3 Å². The van der Waals surface area contributed by atoms with Crippen LogP contribution in [0.4, 0.5) is 0 Å². The summed E-state index contributed by atoms with van der Waals surface area (Å²) < 4.78 is 5.69. The number of hydrogen-bond acceptors (Lipinski definition) is 9. The van der Waals surface area contributed by atoms with Crippen LogP contribution in [0.25, 0.3) is 0 Å². The minimum absolute atomic E-state index is 0.128. The first-order valence-electron chi connectivity index (χ1n) is 27.1. The molecule has 0 aromatic heterocycles. The Morgan fingerprint density at radius 3 is 0.968 bits per heavy atom. The van der Waals surface area contributed by atoms with Crippen LogP contribution in [0.3, 0.4) is 0 Å². The Morgan fingerprint density at radius 2 is 0.667 bits per heavy atom. The highest BCUT2D eigenvalue weighted by molar-refractivity contribution is 6.45. The number of rotatable bonds is 50. The molecule has 372 valence electrons. The molecule has 9 heteroatoms. The van der Waals surface area contributed by atoms with Crippen molar-refractivity contribution >= 4 is 23.3 Å². The zero-order valence-electron chi connectivity index (χ0n) is 41.5. The maximum absolute atomic E-state index is 14.2. The van der Waals surface area contributed by atoms with Gasteiger partial charge in [0, 0.05) is 19.3 Å². The monoisotopic (exact) mass is 895 g/mol. The molecule has 0 saturated carbocycles. The predicted octanol–water partition coefficient (Wildman–Crippen LogP) is 13.5. The fourth-order valence-electron chi connectivity index (χ4n) is 8.78. The van der Waals surface area contributed by atoms with Gasteiger partial charge in [-0.05, 0) is 19.3 Å². The molecule has 0 fully saturated rings. The van der Waals surface area contributed by atoms with Crippen LogP contribution in [0, 0.1) is 0 Å². The van der Waals surface area contributed by atoms with Gasteiger partial charge in [0.2, 0.25) is 5.78 Å². The molecule has 0 unspecified atom stereocenters. The molecule has 0 aliphatic carbocycles. The highest BCUT2D eigenvalue weighted by Crippen LogP contribution is 2.29. The van der Waals surface area contributed by atoms with Gasteiger partial charge in [-0.1, -0.05) is 252 Å². The fourth-order valence-corrected chi connectivity index (χ4v) is 8.78. The first kappa shape index (κ1) is 61.3. The second-order valence-electron chi connectivity index (χ2n) is 19.0. The lowest BCUT2D eigenvalue weighted by Crippen LogP contribution is -2.66. The lowest BCUT2D eigenvalue weighted by atomic mass is 9.78. The van der Waals surface area contributed by atoms with E-state index < -0.39 is 53.8 Å². The molecule has 4 atom stereocenters. The summed E-state index contributed by atoms with van der Waals surface area (Å²) >= 11 is 0. The van der Waals surface area contributed by atoms with E-state index in [-0.39, 0.29) is 19.3 Å². The van der Waals surface area contributed by atoms with E-state index in [0.29, 0.717) is 32.1 Å². The van der Waals surface area contributed by atoms with Crippen molar-refractivity contribution in [1.29, 1.82) is 0 Å². The third-order valence-corrected chi connectivity index (χ3v) is 13.1. The Hall–Kier alpha value is -1.68. The zero-order valence-corrected chi connectivity index (χ0v) is 41.5. The maximum atomic E-state index is 14.2. The van der Waals surface area contributed by atoms with Crippen LogP contribution >= 0.6 is 0 Å². The molecular weight excluding hydrogens is 793 g/mol. The molecule has 0 heterocycles. The summed E-state index contributed by atoms with van der Waals surface area (Å²) in [7, 11) is 0. The minimum Gasteiger partial charge on any atom is -0.439 e. The smallest absolute Gasteiger partial charge is 0.307 e. The molecule has 0 spiro atoms. The van der Waals surface area contributed by atoms with Gasteiger partial charge < -0.3 is 25.2 Å². The molecule has 4 N–H and O–H groups in total. The summed E-state index contributed by atoms with van der Waals surface area (Å²) in [6.45, 7) is 5.71. The van der Waals surface area contributed by atoms with Crippen molar-refractivity contribution in [1.82, 2.24) is 0 Å². The largest absolute Gasteiger partial charge is 0.439 e. The minimum atomic E-state index is -3.01. The summed E-state index contributed by atoms with van der Waals surface area (Å²) in [4.78, 5) is 55.5. The molecule has 0 bridgehead atoms. The lowest BCUT2D eigenvalue weighted by molar-refractivity contribution is -0.200. The van der Waals surface area contributed by atoms with Crippen molar-refractivity contribution < 1.29 is 44.3 Å². The molecule has 0 aliphatic rings. The summed E-state index contributed by atoms with van der Waals surface area (Å²) in [5, 5.41) is 42.5. The van der Waals surface area contributed by atoms with Crippen molar-refractivity contribution in [3.8, 4) is 0 Å². The van der Waals surface area contributed by atoms with E-state index in [4.69, 9.17) is 4.74 Å². The second-order valence-corrected chi connectivity index (χ2v) is 19.0. The van der Waals surface area contributed by atoms with E-state index in [1.165, 1.54) is 148 Å². The lowest BCUT2D eigenvalue weighted by Gasteiger charge is -2.37. The fraction of sp³-hybridized carbons (Fsp3) is 0.926. The first-order chi connectivity index (χ1) is 30.6. The van der Waals surface area contributed by atoms with Crippen molar-refractivity contribution in [2.24, 2.45) is 0 Å². The third-order valence-electron chi connectivity index (χ3n) is 13.1. The van der Waals surface area contributed by atoms with Crippen LogP contribution in [0.5, 0.6) is 0 Å². The van der Waals surface area contributed by atoms with Crippen LogP contribution in [-0.4, -0.2) is 74.3 Å². The molecule has 0 amide bonds. The second kappa shape index (κ2) is 44.2. The number of hydrogen-bond donors (Lipinski definition) is 4. The van der Waals surface area contributed by atoms with E-state index in [1.807, 2.05) is 0 Å². The summed E-state index contributed by atoms with van der Waals surface area (Å²) in [6, 6.07) is 0. The van der Waals surface area contributed by atoms with Crippen molar-refractivity contribution in [2.45, 2.75) is 314 Å². The van der Waals surface area contributed by atoms with E-state index >= 15 is 0 Å². The predicted molar refractivity (Wildman–Crippen MR) is 260 cm³/mol. The van der Waals surface area contributed by atoms with Gasteiger partial charge in [-0.15, -0.1) is 0 Å². The van der Waals surface area contributed by atoms with Crippen molar-refractivity contribution in [2.75, 3.05) is 6.61 Å². The Morgan fingerprint density at radius 1 is 0.397 bits per heavy atom. The molecular formula is C54H102O9. The molecule has 0 radical (unpaired) electrons. The quantitative estimate of drug-likeness (QED) is 0.0202. The van der Waals surface area contributed by atoms with E-state index in [1.54, 1.807) is 0 Å². The summed E-state index contributed by atoms with van der Waals surface area (Å²) in [5.74, 6) is -4.18. The number of carbonyl (C=O) groups excluding carboxylic acids is 4. The summed E-state index contributed by atoms with van der Waals surface area (Å²) in [5.41, 5.74) is -3.01. The topological polar surface area (TPSA) is 158 Å². The number of aliphatic hydroxyl groups is 4. The highest BCUT2D eigenvalue weighted by atomic mass is 16.6. The van der Waals surface area contributed by atoms with Crippen LogP contribution in [0.1, 0.15) is 290 Å². The van der Waals surface area contributed by atoms with Gasteiger partial charge in [0.15, 0.2) is 5.78 Å². The molecule has 0 aromatic rings. The van der Waals surface area contributed by atoms with Gasteiger partial charge in [-0.2, -0.15) is 0 Å². The molecule has 0 rings (SSSR count). The van der Waals surface area contributed by atoms with Crippen LogP contribution < -0.4 is 0 Å². The number of aliphatic hydroxyl groups excluding tert-OH is 4. The molecule has 63 heavy (non-hydrogen) atoms. The molecule has 0 saturated heterocycles. The van der Waals surface area contributed by atoms with E-state index in [0.717, 1.165) is 70.6 Å². The van der Waals surface area contributed by atoms with Crippen LogP contribution in [0.15, 0.2) is 0 Å². The highest BCUT2D eigenvalue weighted by Gasteiger charge is 2.59. The van der Waals surface area contributed by atoms with Crippen molar-refractivity contribution in [3.63, 3.8) is 0 Å². The first-order valence-corrected chi connectivity index (χ1v) is 27.1. The maximum Gasteiger partial charge on any atom is 0.307 e. The number of ketones is 3. The Kier molecular flexibility index (Phi) is 43.0. The number of unbranched alkanes of at least 4 members (excludes halogenated alkanes) is 36. The SMILES string of the molecule is CCCCCCCCCCCCCCCC(=O)O[C@@](C(=O)CCCCCCCCCCCCCCC)(C(=O)C(=O)CCCCCCCCCCCCCCC)[C@@H](O)[C@H](O)[C@H](O)CO. The number of esters is 1. The van der Waals surface area contributed by atoms with Gasteiger partial charge >= 0.3 is 5.97 Å². The van der Waals surface area contributed by atoms with Gasteiger partial charge in [-0.3, -0.25) is 19.2 Å². The normalized spacial score (nSPS) is 14.0. The van der Waals surface area contributed by atoms with Gasteiger partial charge in [0.05, 0.1) is 6.61 Å². The summed E-state index contributed by atoms with van der Waals surface area (Å²) in [6.07, 6.45) is 35.7. The number of carbonyl (C=O) groups is 4. The molecule has 9 nitrogen and oxygen atoms in total. The third kappa shape index (κ3) is 31.8. The standard InChI is InChI=1S/C54H102O9/c1-4-7-10-13-16-19-22-25-28-31-34-37-40-43-47(56)52(61)54(53(62)51(60)48(57)46-55,49(58)44-41-38-35-32-29-26-23-20-17-14-11-8-5-2)63-50(59)45-42-39-36-33-30-27-24-21-18-15-12-9-6-3/h48,51,53,55,57,60,62H,4-46H2,1-3H3/t48-,51-,53+,54+/m1/s1. The Bertz CT molecular complexity index is 1080. The van der Waals surface area contributed by atoms with Gasteiger partial charge in [0.25, 0.3) is 11.4 Å². The van der Waals surface area contributed by atoms with Gasteiger partial charge in [-0.25, -0.2) is 0 Å². The van der Waals surface area contributed by atoms with Crippen LogP contribution in [0.2, 0.25) is 0 Å². The number of ether oxygens (including phenoxy) is 1. The Labute approximate surface area is 387 Å². The zero-order chi connectivity index (χ0) is 46.7. The number of Topliss-reactive ketones (excluding diaryl/α,β-unsaturated/α-hetero) is 3. The van der Waals surface area contributed by atoms with E-state index in [9.17, 15) is 39.6 Å². The molecule has 0 aliphatic heterocycles. The average molecular weight is 895 g/mol. The molecule has 0 aromatic carbocycles. The van der Waals surface area contributed by atoms with E-state index in [2.05, 4.69) is 20.8 Å². The average Bonchev–Trinajstić information content (AvgIpc) is 3.28. The Balaban J connectivity index is 5.48. The van der Waals surface area contributed by atoms with Crippen molar-refractivity contribution in [3.05, 3.63) is 0 Å².